The van der Waals surface area contributed by atoms with E-state index in [1.807, 2.05) is 0 Å². The molecule has 0 aromatic carbocycles. The number of nitrogens with zero attached hydrogens (tertiary/aromatic N) is 1. The molecule has 0 saturated carbocycles. The Balaban J connectivity index is 1.75. The molecule has 1 aliphatic heterocycles. The number of furan rings is 1. The Morgan fingerprint density at radius 1 is 1.39 bits per heavy atom. The molecule has 2 heterocycles. The summed E-state index contributed by atoms with van der Waals surface area (Å²) in [5.74, 6) is -0.579. The number of hydrogen-bond acceptors (Lipinski definition) is 4. The van der Waals surface area contributed by atoms with Crippen molar-refractivity contribution in [3.05, 3.63) is 24.2 Å². The highest BCUT2D eigenvalue weighted by molar-refractivity contribution is 5.85. The molecule has 1 aliphatic rings. The van der Waals surface area contributed by atoms with Crippen molar-refractivity contribution in [2.24, 2.45) is 5.41 Å². The van der Waals surface area contributed by atoms with Gasteiger partial charge in [0.25, 0.3) is 0 Å². The van der Waals surface area contributed by atoms with E-state index in [0.29, 0.717) is 25.1 Å². The molecule has 0 radical (unpaired) electrons. The number of carbonyl (C=O) groups excluding carboxylic acids is 2. The second-order valence-corrected chi connectivity index (χ2v) is 5.90. The summed E-state index contributed by atoms with van der Waals surface area (Å²) in [5.41, 5.74) is -0.921. The third-order valence-corrected chi connectivity index (χ3v) is 3.97. The molecule has 1 atom stereocenters. The Hall–Kier alpha value is -2.51. The van der Waals surface area contributed by atoms with Crippen LogP contribution in [0.3, 0.4) is 0 Å². The Bertz CT molecular complexity index is 572. The largest absolute Gasteiger partial charge is 0.481 e. The number of amides is 3. The van der Waals surface area contributed by atoms with Gasteiger partial charge in [-0.15, -0.1) is 0 Å². The first kappa shape index (κ1) is 16.9. The minimum atomic E-state index is -0.921. The molecule has 3 N–H and O–H groups in total. The first-order valence-corrected chi connectivity index (χ1v) is 7.46. The lowest BCUT2D eigenvalue weighted by atomic mass is 9.82. The van der Waals surface area contributed by atoms with Crippen molar-refractivity contribution in [2.45, 2.75) is 26.3 Å². The summed E-state index contributed by atoms with van der Waals surface area (Å²) in [4.78, 5) is 36.5. The molecular weight excluding hydrogens is 302 g/mol. The summed E-state index contributed by atoms with van der Waals surface area (Å²) >= 11 is 0. The predicted octanol–water partition coefficient (Wildman–Crippen LogP) is 0.792. The number of piperidine rings is 1. The Kier molecular flexibility index (Phi) is 5.25. The van der Waals surface area contributed by atoms with E-state index in [-0.39, 0.29) is 25.5 Å². The van der Waals surface area contributed by atoms with Crippen LogP contribution >= 0.6 is 0 Å². The fourth-order valence-corrected chi connectivity index (χ4v) is 2.54. The molecule has 1 unspecified atom stereocenters. The van der Waals surface area contributed by atoms with Gasteiger partial charge < -0.3 is 25.1 Å². The van der Waals surface area contributed by atoms with Gasteiger partial charge in [0.1, 0.15) is 5.76 Å². The number of nitrogens with one attached hydrogen (secondary N) is 2. The maximum absolute atomic E-state index is 12.1. The van der Waals surface area contributed by atoms with Crippen LogP contribution in [0.2, 0.25) is 0 Å². The topological polar surface area (TPSA) is 112 Å². The maximum Gasteiger partial charge on any atom is 0.315 e. The molecule has 0 spiro atoms. The van der Waals surface area contributed by atoms with E-state index in [1.54, 1.807) is 19.1 Å². The Morgan fingerprint density at radius 3 is 2.83 bits per heavy atom. The lowest BCUT2D eigenvalue weighted by Crippen LogP contribution is -2.51. The van der Waals surface area contributed by atoms with Gasteiger partial charge in [0.2, 0.25) is 5.91 Å². The van der Waals surface area contributed by atoms with Crippen LogP contribution in [0.5, 0.6) is 0 Å². The van der Waals surface area contributed by atoms with Gasteiger partial charge >= 0.3 is 12.0 Å². The predicted molar refractivity (Wildman–Crippen MR) is 80.5 cm³/mol. The fraction of sp³-hybridized carbons (Fsp3) is 0.533. The van der Waals surface area contributed by atoms with Gasteiger partial charge in [-0.1, -0.05) is 0 Å². The molecule has 1 aromatic rings. The third-order valence-electron chi connectivity index (χ3n) is 3.97. The van der Waals surface area contributed by atoms with Crippen LogP contribution in [-0.4, -0.2) is 47.5 Å². The first-order chi connectivity index (χ1) is 10.9. The quantitative estimate of drug-likeness (QED) is 0.742. The molecule has 8 nitrogen and oxygen atoms in total. The van der Waals surface area contributed by atoms with Crippen molar-refractivity contribution in [1.82, 2.24) is 15.5 Å². The average molecular weight is 323 g/mol. The highest BCUT2D eigenvalue weighted by atomic mass is 16.4. The SMILES string of the molecule is CC1(C(=O)O)CCCN(C(=O)CNC(=O)NCc2ccco2)C1. The van der Waals surface area contributed by atoms with Crippen molar-refractivity contribution >= 4 is 17.9 Å². The lowest BCUT2D eigenvalue weighted by Gasteiger charge is -2.37. The summed E-state index contributed by atoms with van der Waals surface area (Å²) in [6.07, 6.45) is 2.69. The molecule has 0 aliphatic carbocycles. The molecule has 0 bridgehead atoms. The molecule has 2 rings (SSSR count). The van der Waals surface area contributed by atoms with Crippen molar-refractivity contribution in [2.75, 3.05) is 19.6 Å². The minimum absolute atomic E-state index is 0.164. The normalized spacial score (nSPS) is 20.8. The number of urea groups is 1. The van der Waals surface area contributed by atoms with Crippen LogP contribution in [0.1, 0.15) is 25.5 Å². The fourth-order valence-electron chi connectivity index (χ4n) is 2.54. The van der Waals surface area contributed by atoms with Gasteiger partial charge in [0.05, 0.1) is 24.8 Å². The molecular formula is C15H21N3O5. The highest BCUT2D eigenvalue weighted by Gasteiger charge is 2.39. The van der Waals surface area contributed by atoms with E-state index < -0.39 is 17.4 Å². The van der Waals surface area contributed by atoms with Crippen molar-refractivity contribution in [3.63, 3.8) is 0 Å². The van der Waals surface area contributed by atoms with E-state index >= 15 is 0 Å². The zero-order chi connectivity index (χ0) is 16.9. The van der Waals surface area contributed by atoms with Crippen LogP contribution in [0.15, 0.2) is 22.8 Å². The lowest BCUT2D eigenvalue weighted by molar-refractivity contribution is -0.153. The zero-order valence-electron chi connectivity index (χ0n) is 13.0. The van der Waals surface area contributed by atoms with Crippen LogP contribution < -0.4 is 10.6 Å². The zero-order valence-corrected chi connectivity index (χ0v) is 13.0. The Labute approximate surface area is 133 Å². The first-order valence-electron chi connectivity index (χ1n) is 7.46. The van der Waals surface area contributed by atoms with Crippen LogP contribution in [0.4, 0.5) is 4.79 Å². The van der Waals surface area contributed by atoms with Gasteiger partial charge in [-0.3, -0.25) is 9.59 Å². The van der Waals surface area contributed by atoms with Crippen LogP contribution in [0.25, 0.3) is 0 Å². The second-order valence-electron chi connectivity index (χ2n) is 5.90. The van der Waals surface area contributed by atoms with Gasteiger partial charge in [0.15, 0.2) is 0 Å². The van der Waals surface area contributed by atoms with E-state index in [9.17, 15) is 19.5 Å². The van der Waals surface area contributed by atoms with E-state index in [0.717, 1.165) is 0 Å². The number of carboxylic acids is 1. The molecule has 8 heteroatoms. The second kappa shape index (κ2) is 7.17. The van der Waals surface area contributed by atoms with E-state index in [2.05, 4.69) is 10.6 Å². The van der Waals surface area contributed by atoms with Gasteiger partial charge in [-0.05, 0) is 31.9 Å². The van der Waals surface area contributed by atoms with E-state index in [4.69, 9.17) is 4.42 Å². The Morgan fingerprint density at radius 2 is 2.17 bits per heavy atom. The third kappa shape index (κ3) is 4.48. The summed E-state index contributed by atoms with van der Waals surface area (Å²) in [5, 5.41) is 14.3. The number of rotatable bonds is 5. The number of hydrogen-bond donors (Lipinski definition) is 3. The number of likely N-dealkylation sites (tertiary alicyclic amines) is 1. The molecule has 126 valence electrons. The summed E-state index contributed by atoms with van der Waals surface area (Å²) in [6.45, 7) is 2.38. The van der Waals surface area contributed by atoms with Crippen molar-refractivity contribution in [3.8, 4) is 0 Å². The smallest absolute Gasteiger partial charge is 0.315 e. The maximum atomic E-state index is 12.1. The number of aliphatic carboxylic acids is 1. The van der Waals surface area contributed by atoms with Gasteiger partial charge in [0, 0.05) is 13.1 Å². The summed E-state index contributed by atoms with van der Waals surface area (Å²) in [7, 11) is 0. The molecule has 1 aromatic heterocycles. The molecule has 23 heavy (non-hydrogen) atoms. The van der Waals surface area contributed by atoms with E-state index in [1.165, 1.54) is 11.2 Å². The molecule has 1 saturated heterocycles. The van der Waals surface area contributed by atoms with Gasteiger partial charge in [-0.2, -0.15) is 0 Å². The minimum Gasteiger partial charge on any atom is -0.481 e. The van der Waals surface area contributed by atoms with Crippen LogP contribution in [0, 0.1) is 5.41 Å². The van der Waals surface area contributed by atoms with Crippen molar-refractivity contribution in [1.29, 1.82) is 0 Å². The standard InChI is InChI=1S/C15H21N3O5/c1-15(13(20)21)5-3-6-18(10-15)12(19)9-17-14(22)16-8-11-4-2-7-23-11/h2,4,7H,3,5-6,8-10H2,1H3,(H,20,21)(H2,16,17,22). The molecule has 3 amide bonds. The molecule has 1 fully saturated rings. The van der Waals surface area contributed by atoms with Gasteiger partial charge in [-0.25, -0.2) is 4.79 Å². The summed E-state index contributed by atoms with van der Waals surface area (Å²) in [6, 6.07) is 2.97. The average Bonchev–Trinajstić information content (AvgIpc) is 3.04. The highest BCUT2D eigenvalue weighted by Crippen LogP contribution is 2.29. The summed E-state index contributed by atoms with van der Waals surface area (Å²) < 4.78 is 5.08. The monoisotopic (exact) mass is 323 g/mol. The number of carbonyl (C=O) groups is 3. The van der Waals surface area contributed by atoms with Crippen LogP contribution in [-0.2, 0) is 16.1 Å². The number of carboxylic acid groups (broad SMARTS) is 1. The van der Waals surface area contributed by atoms with Crippen molar-refractivity contribution < 1.29 is 23.9 Å².